The molecule has 19 heavy (non-hydrogen) atoms. The Morgan fingerprint density at radius 3 is 2.68 bits per heavy atom. The Morgan fingerprint density at radius 1 is 1.26 bits per heavy atom. The monoisotopic (exact) mass is 321 g/mol. The molecule has 0 saturated carbocycles. The lowest BCUT2D eigenvalue weighted by molar-refractivity contribution is 0.291. The topological polar surface area (TPSA) is 47.0 Å². The first-order valence-corrected chi connectivity index (χ1v) is 6.93. The third kappa shape index (κ3) is 3.92. The van der Waals surface area contributed by atoms with Crippen LogP contribution in [-0.4, -0.2) is 16.5 Å². The number of nitrogens with zero attached hydrogens (tertiary/aromatic N) is 2. The quantitative estimate of drug-likeness (QED) is 0.914. The van der Waals surface area contributed by atoms with E-state index < -0.39 is 0 Å². The second-order valence-electron chi connectivity index (χ2n) is 4.13. The molecular formula is C14H16BrN3O. The summed E-state index contributed by atoms with van der Waals surface area (Å²) in [6.45, 7) is 5.23. The van der Waals surface area contributed by atoms with Crippen LogP contribution in [0, 0.1) is 6.92 Å². The molecule has 1 N–H and O–H groups in total. The van der Waals surface area contributed by atoms with Gasteiger partial charge >= 0.3 is 0 Å². The molecule has 0 unspecified atom stereocenters. The summed E-state index contributed by atoms with van der Waals surface area (Å²) in [6, 6.07) is 8.03. The summed E-state index contributed by atoms with van der Waals surface area (Å²) in [5, 5.41) is 3.07. The van der Waals surface area contributed by atoms with E-state index in [2.05, 4.69) is 31.2 Å². The lowest BCUT2D eigenvalue weighted by Crippen LogP contribution is -2.05. The zero-order valence-corrected chi connectivity index (χ0v) is 12.6. The van der Waals surface area contributed by atoms with Crippen molar-refractivity contribution in [2.24, 2.45) is 0 Å². The molecule has 0 bridgehead atoms. The molecule has 0 fully saturated rings. The maximum atomic E-state index is 5.74. The van der Waals surface area contributed by atoms with E-state index in [1.807, 2.05) is 38.1 Å². The Bertz CT molecular complexity index is 543. The molecule has 0 aliphatic heterocycles. The van der Waals surface area contributed by atoms with Crippen molar-refractivity contribution >= 4 is 21.9 Å². The summed E-state index contributed by atoms with van der Waals surface area (Å²) in [7, 11) is 0. The van der Waals surface area contributed by atoms with Crippen molar-refractivity contribution in [1.29, 1.82) is 0 Å². The molecule has 2 aromatic rings. The molecule has 1 aromatic carbocycles. The number of hydrogen-bond acceptors (Lipinski definition) is 4. The summed E-state index contributed by atoms with van der Waals surface area (Å²) >= 11 is 3.41. The number of aryl methyl sites for hydroxylation is 1. The van der Waals surface area contributed by atoms with Gasteiger partial charge in [0.05, 0.1) is 0 Å². The Balaban J connectivity index is 2.05. The van der Waals surface area contributed by atoms with Gasteiger partial charge in [-0.15, -0.1) is 0 Å². The molecule has 1 heterocycles. The Morgan fingerprint density at radius 2 is 2.00 bits per heavy atom. The van der Waals surface area contributed by atoms with Crippen molar-refractivity contribution in [2.45, 2.75) is 20.5 Å². The second kappa shape index (κ2) is 6.52. The molecule has 0 aliphatic carbocycles. The van der Waals surface area contributed by atoms with Crippen LogP contribution in [0.4, 0.5) is 5.95 Å². The first kappa shape index (κ1) is 13.8. The molecule has 2 rings (SSSR count). The van der Waals surface area contributed by atoms with E-state index in [4.69, 9.17) is 4.74 Å². The van der Waals surface area contributed by atoms with Crippen LogP contribution in [0.15, 0.2) is 34.9 Å². The van der Waals surface area contributed by atoms with Crippen molar-refractivity contribution in [3.63, 3.8) is 0 Å². The number of anilines is 1. The highest BCUT2D eigenvalue weighted by atomic mass is 79.9. The first-order valence-electron chi connectivity index (χ1n) is 6.14. The van der Waals surface area contributed by atoms with E-state index in [1.54, 1.807) is 6.20 Å². The van der Waals surface area contributed by atoms with Crippen LogP contribution >= 0.6 is 15.9 Å². The van der Waals surface area contributed by atoms with Gasteiger partial charge in [-0.05, 0) is 31.5 Å². The smallest absolute Gasteiger partial charge is 0.225 e. The number of rotatable bonds is 5. The fraction of sp³-hybridized carbons (Fsp3) is 0.286. The first-order chi connectivity index (χ1) is 9.19. The summed E-state index contributed by atoms with van der Waals surface area (Å²) in [6.07, 6.45) is 1.77. The van der Waals surface area contributed by atoms with Gasteiger partial charge in [0.2, 0.25) is 11.8 Å². The number of ether oxygens (including phenoxy) is 1. The van der Waals surface area contributed by atoms with Crippen LogP contribution in [0.5, 0.6) is 5.88 Å². The van der Waals surface area contributed by atoms with E-state index in [0.29, 0.717) is 18.4 Å². The van der Waals surface area contributed by atoms with Gasteiger partial charge in [0.25, 0.3) is 0 Å². The molecule has 5 heteroatoms. The molecule has 1 aromatic heterocycles. The third-order valence-corrected chi connectivity index (χ3v) is 3.08. The average Bonchev–Trinajstić information content (AvgIpc) is 2.41. The van der Waals surface area contributed by atoms with Crippen molar-refractivity contribution in [3.05, 3.63) is 46.1 Å². The van der Waals surface area contributed by atoms with E-state index in [9.17, 15) is 0 Å². The van der Waals surface area contributed by atoms with Gasteiger partial charge < -0.3 is 10.1 Å². The van der Waals surface area contributed by atoms with Gasteiger partial charge in [0, 0.05) is 22.8 Å². The molecule has 0 saturated heterocycles. The zero-order valence-electron chi connectivity index (χ0n) is 11.0. The van der Waals surface area contributed by atoms with Gasteiger partial charge in [-0.2, -0.15) is 4.98 Å². The molecular weight excluding hydrogens is 306 g/mol. The van der Waals surface area contributed by atoms with Crippen LogP contribution in [0.1, 0.15) is 18.1 Å². The number of hydrogen-bond donors (Lipinski definition) is 1. The number of benzene rings is 1. The summed E-state index contributed by atoms with van der Waals surface area (Å²) in [5.41, 5.74) is 2.03. The van der Waals surface area contributed by atoms with Crippen molar-refractivity contribution in [1.82, 2.24) is 9.97 Å². The minimum Gasteiger partial charge on any atom is -0.472 e. The highest BCUT2D eigenvalue weighted by Gasteiger charge is 2.05. The lowest BCUT2D eigenvalue weighted by atomic mass is 10.2. The molecule has 0 radical (unpaired) electrons. The standard InChI is InChI=1S/C14H16BrN3O/c1-3-16-14-17-8-10(2)13(18-14)19-9-11-4-6-12(15)7-5-11/h4-8H,3,9H2,1-2H3,(H,16,17,18). The second-order valence-corrected chi connectivity index (χ2v) is 5.04. The normalized spacial score (nSPS) is 10.3. The minimum atomic E-state index is 0.497. The van der Waals surface area contributed by atoms with E-state index in [1.165, 1.54) is 0 Å². The van der Waals surface area contributed by atoms with E-state index in [0.717, 1.165) is 22.1 Å². The highest BCUT2D eigenvalue weighted by Crippen LogP contribution is 2.17. The molecule has 0 aliphatic rings. The van der Waals surface area contributed by atoms with Gasteiger partial charge in [-0.3, -0.25) is 0 Å². The Labute approximate surface area is 121 Å². The number of halogens is 1. The fourth-order valence-electron chi connectivity index (χ4n) is 1.55. The predicted molar refractivity (Wildman–Crippen MR) is 79.4 cm³/mol. The Kier molecular flexibility index (Phi) is 4.74. The molecule has 100 valence electrons. The fourth-order valence-corrected chi connectivity index (χ4v) is 1.81. The van der Waals surface area contributed by atoms with Gasteiger partial charge in [0.15, 0.2) is 0 Å². The largest absolute Gasteiger partial charge is 0.472 e. The highest BCUT2D eigenvalue weighted by molar-refractivity contribution is 9.10. The van der Waals surface area contributed by atoms with Gasteiger partial charge in [0.1, 0.15) is 6.61 Å². The number of aromatic nitrogens is 2. The van der Waals surface area contributed by atoms with Crippen LogP contribution in [-0.2, 0) is 6.61 Å². The van der Waals surface area contributed by atoms with Gasteiger partial charge in [-0.25, -0.2) is 4.98 Å². The molecule has 0 atom stereocenters. The zero-order chi connectivity index (χ0) is 13.7. The third-order valence-electron chi connectivity index (χ3n) is 2.55. The van der Waals surface area contributed by atoms with Crippen LogP contribution < -0.4 is 10.1 Å². The number of nitrogens with one attached hydrogen (secondary N) is 1. The van der Waals surface area contributed by atoms with Crippen molar-refractivity contribution in [2.75, 3.05) is 11.9 Å². The van der Waals surface area contributed by atoms with E-state index >= 15 is 0 Å². The maximum absolute atomic E-state index is 5.74. The summed E-state index contributed by atoms with van der Waals surface area (Å²) < 4.78 is 6.80. The van der Waals surface area contributed by atoms with E-state index in [-0.39, 0.29) is 0 Å². The van der Waals surface area contributed by atoms with Crippen molar-refractivity contribution < 1.29 is 4.74 Å². The summed E-state index contributed by atoms with van der Waals surface area (Å²) in [4.78, 5) is 8.53. The lowest BCUT2D eigenvalue weighted by Gasteiger charge is -2.09. The SMILES string of the molecule is CCNc1ncc(C)c(OCc2ccc(Br)cc2)n1. The van der Waals surface area contributed by atoms with Gasteiger partial charge in [-0.1, -0.05) is 28.1 Å². The average molecular weight is 322 g/mol. The van der Waals surface area contributed by atoms with Crippen LogP contribution in [0.25, 0.3) is 0 Å². The van der Waals surface area contributed by atoms with Crippen LogP contribution in [0.3, 0.4) is 0 Å². The predicted octanol–water partition coefficient (Wildman–Crippen LogP) is 3.56. The summed E-state index contributed by atoms with van der Waals surface area (Å²) in [5.74, 6) is 1.22. The maximum Gasteiger partial charge on any atom is 0.225 e. The molecule has 0 amide bonds. The molecule has 0 spiro atoms. The van der Waals surface area contributed by atoms with Crippen molar-refractivity contribution in [3.8, 4) is 5.88 Å². The molecule has 4 nitrogen and oxygen atoms in total. The minimum absolute atomic E-state index is 0.497. The van der Waals surface area contributed by atoms with Crippen LogP contribution in [0.2, 0.25) is 0 Å². The Hall–Kier alpha value is -1.62.